The molecule has 0 saturated heterocycles. The zero-order valence-electron chi connectivity index (χ0n) is 18.3. The number of hydrogen-bond donors (Lipinski definition) is 2. The van der Waals surface area contributed by atoms with Gasteiger partial charge in [0.2, 0.25) is 0 Å². The fraction of sp³-hybridized carbons (Fsp3) is 0.364. The third-order valence-corrected chi connectivity index (χ3v) is 6.05. The zero-order valence-corrected chi connectivity index (χ0v) is 19.3. The lowest BCUT2D eigenvalue weighted by Crippen LogP contribution is -2.23. The Labute approximate surface area is 182 Å². The van der Waals surface area contributed by atoms with E-state index in [1.165, 1.54) is 13.2 Å². The van der Waals surface area contributed by atoms with Crippen LogP contribution in [0, 0.1) is 0 Å². The Morgan fingerprint density at radius 1 is 1.06 bits per heavy atom. The normalized spacial score (nSPS) is 11.1. The number of para-hydroxylation sites is 1. The summed E-state index contributed by atoms with van der Waals surface area (Å²) in [7, 11) is 0.110. The molecular formula is C22H29NO7Si. The number of carbonyl (C=O) groups is 2. The van der Waals surface area contributed by atoms with Crippen molar-refractivity contribution in [1.29, 1.82) is 0 Å². The van der Waals surface area contributed by atoms with Gasteiger partial charge in [-0.25, -0.2) is 9.59 Å². The van der Waals surface area contributed by atoms with Crippen molar-refractivity contribution in [2.75, 3.05) is 26.2 Å². The van der Waals surface area contributed by atoms with Crippen LogP contribution in [0.3, 0.4) is 0 Å². The Hall–Kier alpha value is -3.04. The van der Waals surface area contributed by atoms with Gasteiger partial charge in [-0.1, -0.05) is 25.7 Å². The van der Waals surface area contributed by atoms with Crippen LogP contribution in [0.2, 0.25) is 25.7 Å². The van der Waals surface area contributed by atoms with Crippen molar-refractivity contribution in [3.63, 3.8) is 0 Å². The molecule has 2 aromatic carbocycles. The number of benzene rings is 2. The third kappa shape index (κ3) is 7.30. The summed E-state index contributed by atoms with van der Waals surface area (Å²) in [6.07, 6.45) is 0. The smallest absolute Gasteiger partial charge is 0.339 e. The van der Waals surface area contributed by atoms with Gasteiger partial charge in [-0.2, -0.15) is 0 Å². The first kappa shape index (κ1) is 24.2. The van der Waals surface area contributed by atoms with Gasteiger partial charge in [0.25, 0.3) is 0 Å². The molecule has 0 aliphatic carbocycles. The summed E-state index contributed by atoms with van der Waals surface area (Å²) in [5.74, 6) is -1.40. The fourth-order valence-electron chi connectivity index (χ4n) is 2.68. The van der Waals surface area contributed by atoms with Crippen LogP contribution in [-0.4, -0.2) is 45.6 Å². The molecule has 0 radical (unpaired) electrons. The SMILES string of the molecule is COCOc1cccc(C(=O)O)c1OCc1cc(N)ccc1C(=O)OCC[Si](C)(C)C. The first-order valence-electron chi connectivity index (χ1n) is 9.79. The highest BCUT2D eigenvalue weighted by Crippen LogP contribution is 2.32. The van der Waals surface area contributed by atoms with Crippen LogP contribution in [0.25, 0.3) is 0 Å². The van der Waals surface area contributed by atoms with Gasteiger partial charge in [0.05, 0.1) is 12.2 Å². The highest BCUT2D eigenvalue weighted by atomic mass is 28.3. The van der Waals surface area contributed by atoms with Crippen LogP contribution >= 0.6 is 0 Å². The van der Waals surface area contributed by atoms with Gasteiger partial charge in [-0.05, 0) is 36.4 Å². The molecule has 0 atom stereocenters. The van der Waals surface area contributed by atoms with Crippen molar-refractivity contribution >= 4 is 25.7 Å². The van der Waals surface area contributed by atoms with E-state index in [9.17, 15) is 14.7 Å². The minimum atomic E-state index is -1.34. The Bertz CT molecular complexity index is 925. The van der Waals surface area contributed by atoms with Crippen LogP contribution in [0.4, 0.5) is 5.69 Å². The maximum absolute atomic E-state index is 12.6. The van der Waals surface area contributed by atoms with Crippen molar-refractivity contribution in [3.8, 4) is 11.5 Å². The molecule has 3 N–H and O–H groups in total. The molecule has 2 rings (SSSR count). The predicted octanol–water partition coefficient (Wildman–Crippen LogP) is 4.02. The molecule has 8 nitrogen and oxygen atoms in total. The van der Waals surface area contributed by atoms with E-state index >= 15 is 0 Å². The van der Waals surface area contributed by atoms with Gasteiger partial charge in [0, 0.05) is 26.4 Å². The number of ether oxygens (including phenoxy) is 4. The zero-order chi connectivity index (χ0) is 23.0. The van der Waals surface area contributed by atoms with Crippen molar-refractivity contribution in [2.45, 2.75) is 32.3 Å². The third-order valence-electron chi connectivity index (χ3n) is 4.35. The van der Waals surface area contributed by atoms with Crippen molar-refractivity contribution in [2.24, 2.45) is 0 Å². The second kappa shape index (κ2) is 10.8. The van der Waals surface area contributed by atoms with E-state index in [1.807, 2.05) is 0 Å². The minimum Gasteiger partial charge on any atom is -0.484 e. The molecule has 31 heavy (non-hydrogen) atoms. The van der Waals surface area contributed by atoms with Crippen LogP contribution in [0.15, 0.2) is 36.4 Å². The van der Waals surface area contributed by atoms with Gasteiger partial charge < -0.3 is 29.8 Å². The van der Waals surface area contributed by atoms with Gasteiger partial charge in [-0.3, -0.25) is 0 Å². The summed E-state index contributed by atoms with van der Waals surface area (Å²) in [5, 5.41) is 9.50. The van der Waals surface area contributed by atoms with Crippen LogP contribution in [0.5, 0.6) is 11.5 Å². The molecule has 0 aliphatic rings. The number of carbonyl (C=O) groups excluding carboxylic acids is 1. The number of nitrogen functional groups attached to an aromatic ring is 1. The number of aromatic carboxylic acids is 1. The number of carboxylic acids is 1. The second-order valence-corrected chi connectivity index (χ2v) is 13.8. The second-order valence-electron chi connectivity index (χ2n) is 8.14. The Kier molecular flexibility index (Phi) is 8.46. The molecule has 0 heterocycles. The number of hydrogen-bond acceptors (Lipinski definition) is 7. The van der Waals surface area contributed by atoms with E-state index in [0.29, 0.717) is 23.4 Å². The van der Waals surface area contributed by atoms with Crippen LogP contribution < -0.4 is 15.2 Å². The Balaban J connectivity index is 2.25. The lowest BCUT2D eigenvalue weighted by molar-refractivity contribution is 0.0476. The number of esters is 1. The molecule has 0 fully saturated rings. The Morgan fingerprint density at radius 2 is 1.81 bits per heavy atom. The molecule has 0 amide bonds. The van der Waals surface area contributed by atoms with Crippen molar-refractivity contribution < 1.29 is 33.6 Å². The molecule has 0 spiro atoms. The molecule has 9 heteroatoms. The standard InChI is InChI=1S/C22H29NO7Si/c1-27-14-30-19-7-5-6-18(21(24)25)20(19)29-13-15-12-16(23)8-9-17(15)22(26)28-10-11-31(2,3)4/h5-9,12H,10-11,13-14,23H2,1-4H3,(H,24,25). The highest BCUT2D eigenvalue weighted by Gasteiger charge is 2.20. The molecule has 0 bridgehead atoms. The highest BCUT2D eigenvalue weighted by molar-refractivity contribution is 6.76. The summed E-state index contributed by atoms with van der Waals surface area (Å²) >= 11 is 0. The maximum atomic E-state index is 12.6. The number of anilines is 1. The van der Waals surface area contributed by atoms with Crippen LogP contribution in [0.1, 0.15) is 26.3 Å². The van der Waals surface area contributed by atoms with Gasteiger partial charge in [-0.15, -0.1) is 0 Å². The lowest BCUT2D eigenvalue weighted by Gasteiger charge is -2.17. The summed E-state index contributed by atoms with van der Waals surface area (Å²) in [6, 6.07) is 10.2. The van der Waals surface area contributed by atoms with Gasteiger partial charge in [0.1, 0.15) is 12.2 Å². The fourth-order valence-corrected chi connectivity index (χ4v) is 3.39. The molecule has 0 aromatic heterocycles. The molecular weight excluding hydrogens is 418 g/mol. The lowest BCUT2D eigenvalue weighted by atomic mass is 10.1. The van der Waals surface area contributed by atoms with Gasteiger partial charge >= 0.3 is 11.9 Å². The van der Waals surface area contributed by atoms with E-state index in [4.69, 9.17) is 24.7 Å². The number of rotatable bonds is 11. The first-order chi connectivity index (χ1) is 14.6. The number of methoxy groups -OCH3 is 1. The quantitative estimate of drug-likeness (QED) is 0.229. The summed E-state index contributed by atoms with van der Waals surface area (Å²) in [5.41, 5.74) is 7.06. The predicted molar refractivity (Wildman–Crippen MR) is 120 cm³/mol. The van der Waals surface area contributed by atoms with Crippen LogP contribution in [-0.2, 0) is 16.1 Å². The molecule has 2 aromatic rings. The van der Waals surface area contributed by atoms with E-state index in [0.717, 1.165) is 6.04 Å². The molecule has 0 aliphatic heterocycles. The monoisotopic (exact) mass is 447 g/mol. The molecule has 168 valence electrons. The summed E-state index contributed by atoms with van der Waals surface area (Å²) < 4.78 is 21.6. The van der Waals surface area contributed by atoms with E-state index in [-0.39, 0.29) is 30.5 Å². The van der Waals surface area contributed by atoms with E-state index in [2.05, 4.69) is 19.6 Å². The summed E-state index contributed by atoms with van der Waals surface area (Å²) in [6.45, 7) is 6.77. The Morgan fingerprint density at radius 3 is 2.45 bits per heavy atom. The molecule has 0 saturated carbocycles. The van der Waals surface area contributed by atoms with Gasteiger partial charge in [0.15, 0.2) is 18.3 Å². The average molecular weight is 448 g/mol. The molecule has 0 unspecified atom stereocenters. The number of carboxylic acid groups (broad SMARTS) is 1. The summed E-state index contributed by atoms with van der Waals surface area (Å²) in [4.78, 5) is 24.2. The average Bonchev–Trinajstić information content (AvgIpc) is 2.69. The largest absolute Gasteiger partial charge is 0.484 e. The van der Waals surface area contributed by atoms with E-state index in [1.54, 1.807) is 30.3 Å². The van der Waals surface area contributed by atoms with Crippen molar-refractivity contribution in [1.82, 2.24) is 0 Å². The number of nitrogens with two attached hydrogens (primary N) is 1. The van der Waals surface area contributed by atoms with E-state index < -0.39 is 20.0 Å². The first-order valence-corrected chi connectivity index (χ1v) is 13.5. The van der Waals surface area contributed by atoms with Crippen molar-refractivity contribution in [3.05, 3.63) is 53.1 Å². The maximum Gasteiger partial charge on any atom is 0.339 e. The minimum absolute atomic E-state index is 0.0347. The topological polar surface area (TPSA) is 117 Å².